The van der Waals surface area contributed by atoms with Crippen molar-refractivity contribution in [2.75, 3.05) is 5.32 Å². The van der Waals surface area contributed by atoms with Gasteiger partial charge in [-0.15, -0.1) is 0 Å². The Labute approximate surface area is 132 Å². The number of pyridine rings is 1. The number of aromatic amines is 1. The molecule has 2 aromatic carbocycles. The van der Waals surface area contributed by atoms with Crippen LogP contribution in [0.3, 0.4) is 0 Å². The molecule has 2 heterocycles. The number of fused-ring (bicyclic) bond motifs is 3. The van der Waals surface area contributed by atoms with Crippen LogP contribution in [0.25, 0.3) is 10.9 Å². The number of anilines is 1. The monoisotopic (exact) mass is 310 g/mol. The maximum Gasteiger partial charge on any atom is 0.249 e. The third-order valence-electron chi connectivity index (χ3n) is 4.43. The molecule has 0 amide bonds. The number of rotatable bonds is 1. The molecule has 0 aliphatic carbocycles. The van der Waals surface area contributed by atoms with Crippen LogP contribution in [0.1, 0.15) is 30.0 Å². The average Bonchev–Trinajstić information content (AvgIpc) is 2.85. The van der Waals surface area contributed by atoms with E-state index in [1.54, 1.807) is 0 Å². The molecule has 0 saturated carbocycles. The summed E-state index contributed by atoms with van der Waals surface area (Å²) in [5, 5.41) is 5.04. The van der Waals surface area contributed by atoms with Crippen molar-refractivity contribution < 1.29 is 0 Å². The Morgan fingerprint density at radius 1 is 1.09 bits per heavy atom. The molecule has 1 aliphatic heterocycles. The quantitative estimate of drug-likeness (QED) is 0.697. The lowest BCUT2D eigenvalue weighted by atomic mass is 9.90. The van der Waals surface area contributed by atoms with Gasteiger partial charge in [-0.05, 0) is 23.3 Å². The largest absolute Gasteiger partial charge is 0.377 e. The van der Waals surface area contributed by atoms with Gasteiger partial charge in [0.25, 0.3) is 0 Å². The van der Waals surface area contributed by atoms with Gasteiger partial charge in [0.1, 0.15) is 0 Å². The third kappa shape index (κ3) is 1.93. The summed E-state index contributed by atoms with van der Waals surface area (Å²) in [4.78, 5) is 14.5. The summed E-state index contributed by atoms with van der Waals surface area (Å²) in [5.74, 6) is 0.268. The number of aromatic nitrogens is 1. The first-order valence-corrected chi connectivity index (χ1v) is 7.70. The fourth-order valence-corrected chi connectivity index (χ4v) is 3.73. The van der Waals surface area contributed by atoms with E-state index in [1.165, 1.54) is 17.2 Å². The molecular formula is C18H15ClN2O. The van der Waals surface area contributed by atoms with Gasteiger partial charge in [0.15, 0.2) is 0 Å². The summed E-state index contributed by atoms with van der Waals surface area (Å²) in [7, 11) is 0. The fourth-order valence-electron chi connectivity index (χ4n) is 3.43. The predicted molar refractivity (Wildman–Crippen MR) is 90.8 cm³/mol. The van der Waals surface area contributed by atoms with Gasteiger partial charge in [0, 0.05) is 23.1 Å². The van der Waals surface area contributed by atoms with E-state index in [0.29, 0.717) is 5.02 Å². The van der Waals surface area contributed by atoms with Gasteiger partial charge >= 0.3 is 0 Å². The standard InChI is InChI=1S/C18H15ClN2O/c1-10-16-13(21-18(10)11-5-3-2-4-6-11)7-8-14-17(16)12(19)9-15(22)20-14/h2-10,18,21H,1H3,(H,20,22). The van der Waals surface area contributed by atoms with Crippen molar-refractivity contribution >= 4 is 28.2 Å². The van der Waals surface area contributed by atoms with Crippen LogP contribution in [-0.4, -0.2) is 4.98 Å². The molecule has 22 heavy (non-hydrogen) atoms. The first-order chi connectivity index (χ1) is 10.6. The average molecular weight is 311 g/mol. The molecule has 2 N–H and O–H groups in total. The van der Waals surface area contributed by atoms with Crippen LogP contribution in [0.5, 0.6) is 0 Å². The molecule has 0 fully saturated rings. The topological polar surface area (TPSA) is 44.9 Å². The van der Waals surface area contributed by atoms with E-state index in [4.69, 9.17) is 11.6 Å². The Bertz CT molecular complexity index is 918. The number of hydrogen-bond acceptors (Lipinski definition) is 2. The van der Waals surface area contributed by atoms with E-state index in [2.05, 4.69) is 41.5 Å². The second kappa shape index (κ2) is 4.89. The van der Waals surface area contributed by atoms with Gasteiger partial charge in [-0.2, -0.15) is 0 Å². The van der Waals surface area contributed by atoms with Gasteiger partial charge in [-0.25, -0.2) is 0 Å². The molecule has 0 bridgehead atoms. The van der Waals surface area contributed by atoms with E-state index in [1.807, 2.05) is 18.2 Å². The zero-order valence-corrected chi connectivity index (χ0v) is 12.8. The molecule has 0 saturated heterocycles. The molecule has 4 heteroatoms. The molecule has 2 unspecified atom stereocenters. The van der Waals surface area contributed by atoms with Gasteiger partial charge in [-0.3, -0.25) is 4.79 Å². The molecule has 4 rings (SSSR count). The lowest BCUT2D eigenvalue weighted by Crippen LogP contribution is -2.09. The number of H-pyrrole nitrogens is 1. The van der Waals surface area contributed by atoms with Crippen molar-refractivity contribution in [3.05, 3.63) is 75.0 Å². The summed E-state index contributed by atoms with van der Waals surface area (Å²) in [5.41, 5.74) is 4.13. The smallest absolute Gasteiger partial charge is 0.249 e. The van der Waals surface area contributed by atoms with E-state index < -0.39 is 0 Å². The van der Waals surface area contributed by atoms with Crippen molar-refractivity contribution in [3.63, 3.8) is 0 Å². The molecular weight excluding hydrogens is 296 g/mol. The van der Waals surface area contributed by atoms with Crippen LogP contribution in [-0.2, 0) is 0 Å². The minimum absolute atomic E-state index is 0.171. The highest BCUT2D eigenvalue weighted by Gasteiger charge is 2.32. The fraction of sp³-hybridized carbons (Fsp3) is 0.167. The van der Waals surface area contributed by atoms with Crippen LogP contribution in [0.15, 0.2) is 53.3 Å². The van der Waals surface area contributed by atoms with E-state index >= 15 is 0 Å². The summed E-state index contributed by atoms with van der Waals surface area (Å²) in [6, 6.07) is 16.0. The lowest BCUT2D eigenvalue weighted by molar-refractivity contribution is 0.679. The van der Waals surface area contributed by atoms with E-state index in [9.17, 15) is 4.79 Å². The van der Waals surface area contributed by atoms with Gasteiger partial charge in [-0.1, -0.05) is 48.9 Å². The van der Waals surface area contributed by atoms with Crippen molar-refractivity contribution in [1.29, 1.82) is 0 Å². The number of nitrogens with one attached hydrogen (secondary N) is 2. The Hall–Kier alpha value is -2.26. The Morgan fingerprint density at radius 2 is 1.86 bits per heavy atom. The highest BCUT2D eigenvalue weighted by atomic mass is 35.5. The van der Waals surface area contributed by atoms with Crippen molar-refractivity contribution in [2.45, 2.75) is 18.9 Å². The molecule has 3 aromatic rings. The Kier molecular flexibility index (Phi) is 2.98. The van der Waals surface area contributed by atoms with Gasteiger partial charge < -0.3 is 10.3 Å². The van der Waals surface area contributed by atoms with Gasteiger partial charge in [0.05, 0.1) is 16.6 Å². The molecule has 1 aromatic heterocycles. The summed E-state index contributed by atoms with van der Waals surface area (Å²) in [6.45, 7) is 2.19. The van der Waals surface area contributed by atoms with Crippen molar-refractivity contribution in [3.8, 4) is 0 Å². The molecule has 3 nitrogen and oxygen atoms in total. The first-order valence-electron chi connectivity index (χ1n) is 7.32. The minimum Gasteiger partial charge on any atom is -0.377 e. The predicted octanol–water partition coefficient (Wildman–Crippen LogP) is 4.45. The molecule has 1 aliphatic rings. The maximum absolute atomic E-state index is 11.6. The summed E-state index contributed by atoms with van der Waals surface area (Å²) < 4.78 is 0. The Morgan fingerprint density at radius 3 is 2.64 bits per heavy atom. The first kappa shape index (κ1) is 13.4. The van der Waals surface area contributed by atoms with Crippen LogP contribution < -0.4 is 10.9 Å². The number of benzene rings is 2. The van der Waals surface area contributed by atoms with E-state index in [0.717, 1.165) is 16.6 Å². The second-order valence-corrected chi connectivity index (χ2v) is 6.16. The summed E-state index contributed by atoms with van der Waals surface area (Å²) in [6.07, 6.45) is 0. The number of halogens is 1. The van der Waals surface area contributed by atoms with Crippen LogP contribution in [0.2, 0.25) is 5.02 Å². The number of hydrogen-bond donors (Lipinski definition) is 2. The van der Waals surface area contributed by atoms with Crippen LogP contribution >= 0.6 is 11.6 Å². The minimum atomic E-state index is -0.171. The molecule has 0 radical (unpaired) electrons. The zero-order chi connectivity index (χ0) is 15.3. The van der Waals surface area contributed by atoms with Gasteiger partial charge in [0.2, 0.25) is 5.56 Å². The van der Waals surface area contributed by atoms with Crippen LogP contribution in [0.4, 0.5) is 5.69 Å². The molecule has 2 atom stereocenters. The van der Waals surface area contributed by atoms with Crippen molar-refractivity contribution in [1.82, 2.24) is 4.98 Å². The Balaban J connectivity index is 1.92. The normalized spacial score (nSPS) is 19.9. The summed E-state index contributed by atoms with van der Waals surface area (Å²) >= 11 is 6.36. The maximum atomic E-state index is 11.6. The van der Waals surface area contributed by atoms with Crippen molar-refractivity contribution in [2.24, 2.45) is 0 Å². The lowest BCUT2D eigenvalue weighted by Gasteiger charge is -2.17. The third-order valence-corrected chi connectivity index (χ3v) is 4.72. The highest BCUT2D eigenvalue weighted by molar-refractivity contribution is 6.35. The molecule has 110 valence electrons. The van der Waals surface area contributed by atoms with E-state index in [-0.39, 0.29) is 17.5 Å². The SMILES string of the molecule is CC1c2c(ccc3[nH]c(=O)cc(Cl)c23)NC1c1ccccc1. The zero-order valence-electron chi connectivity index (χ0n) is 12.1. The molecule has 0 spiro atoms. The second-order valence-electron chi connectivity index (χ2n) is 5.75. The highest BCUT2D eigenvalue weighted by Crippen LogP contribution is 2.47. The van der Waals surface area contributed by atoms with Crippen LogP contribution in [0, 0.1) is 0 Å².